The number of piperidine rings is 1. The highest BCUT2D eigenvalue weighted by atomic mass is 19.1. The first-order valence-electron chi connectivity index (χ1n) is 6.17. The van der Waals surface area contributed by atoms with Gasteiger partial charge in [0.05, 0.1) is 0 Å². The van der Waals surface area contributed by atoms with Crippen LogP contribution < -0.4 is 5.32 Å². The topological polar surface area (TPSA) is 12.0 Å². The molecule has 0 bridgehead atoms. The van der Waals surface area contributed by atoms with Crippen LogP contribution in [0.1, 0.15) is 31.4 Å². The van der Waals surface area contributed by atoms with Crippen molar-refractivity contribution < 1.29 is 4.39 Å². The molecule has 0 radical (unpaired) electrons. The van der Waals surface area contributed by atoms with Gasteiger partial charge in [-0.15, -0.1) is 0 Å². The molecule has 17 heavy (non-hydrogen) atoms. The van der Waals surface area contributed by atoms with Gasteiger partial charge in [-0.25, -0.2) is 4.39 Å². The minimum Gasteiger partial charge on any atom is -0.316 e. The maximum atomic E-state index is 13.3. The molecule has 1 fully saturated rings. The predicted octanol–water partition coefficient (Wildman–Crippen LogP) is 3.54. The maximum Gasteiger partial charge on any atom is 0.123 e. The molecule has 92 valence electrons. The van der Waals surface area contributed by atoms with Gasteiger partial charge >= 0.3 is 0 Å². The van der Waals surface area contributed by atoms with Crippen LogP contribution in [0.2, 0.25) is 0 Å². The molecule has 1 aromatic carbocycles. The lowest BCUT2D eigenvalue weighted by atomic mass is 9.79. The van der Waals surface area contributed by atoms with Gasteiger partial charge in [-0.1, -0.05) is 31.6 Å². The van der Waals surface area contributed by atoms with Crippen LogP contribution in [0, 0.1) is 18.2 Å². The van der Waals surface area contributed by atoms with Gasteiger partial charge in [0.1, 0.15) is 5.82 Å². The van der Waals surface area contributed by atoms with Crippen molar-refractivity contribution in [2.75, 3.05) is 13.1 Å². The minimum absolute atomic E-state index is 0.158. The van der Waals surface area contributed by atoms with Gasteiger partial charge in [-0.05, 0) is 48.6 Å². The number of halogens is 1. The molecule has 1 aromatic rings. The third-order valence-corrected chi connectivity index (χ3v) is 3.58. The molecule has 1 aliphatic rings. The van der Waals surface area contributed by atoms with Crippen LogP contribution in [0.4, 0.5) is 4.39 Å². The zero-order valence-electron chi connectivity index (χ0n) is 10.8. The summed E-state index contributed by atoms with van der Waals surface area (Å²) in [5.41, 5.74) is 3.71. The van der Waals surface area contributed by atoms with E-state index in [9.17, 15) is 4.39 Å². The number of aryl methyl sites for hydroxylation is 1. The van der Waals surface area contributed by atoms with Gasteiger partial charge in [0.15, 0.2) is 0 Å². The van der Waals surface area contributed by atoms with E-state index in [1.807, 2.05) is 13.0 Å². The maximum absolute atomic E-state index is 13.3. The van der Waals surface area contributed by atoms with Crippen molar-refractivity contribution >= 4 is 6.08 Å². The van der Waals surface area contributed by atoms with Crippen LogP contribution in [-0.2, 0) is 0 Å². The molecule has 1 heterocycles. The summed E-state index contributed by atoms with van der Waals surface area (Å²) >= 11 is 0. The first-order chi connectivity index (χ1) is 7.99. The van der Waals surface area contributed by atoms with Crippen molar-refractivity contribution in [3.05, 3.63) is 40.7 Å². The summed E-state index contributed by atoms with van der Waals surface area (Å²) in [6, 6.07) is 4.99. The minimum atomic E-state index is -0.158. The van der Waals surface area contributed by atoms with Crippen LogP contribution in [0.3, 0.4) is 0 Å². The Morgan fingerprint density at radius 1 is 1.35 bits per heavy atom. The molecule has 1 saturated heterocycles. The predicted molar refractivity (Wildman–Crippen MR) is 70.4 cm³/mol. The standard InChI is InChI=1S/C15H20FN/c1-11-4-5-14(16)9-12(11)8-13-6-7-17-10-15(13,2)3/h4-5,8-9,17H,6-7,10H2,1-3H3/b13-8-. The molecule has 1 aliphatic heterocycles. The molecule has 2 heteroatoms. The van der Waals surface area contributed by atoms with Crippen LogP contribution >= 0.6 is 0 Å². The Morgan fingerprint density at radius 2 is 2.12 bits per heavy atom. The molecule has 0 aliphatic carbocycles. The van der Waals surface area contributed by atoms with Crippen molar-refractivity contribution in [1.82, 2.24) is 5.32 Å². The lowest BCUT2D eigenvalue weighted by molar-refractivity contribution is 0.360. The zero-order chi connectivity index (χ0) is 12.5. The fourth-order valence-corrected chi connectivity index (χ4v) is 2.30. The van der Waals surface area contributed by atoms with E-state index in [1.165, 1.54) is 11.6 Å². The molecule has 1 nitrogen and oxygen atoms in total. The van der Waals surface area contributed by atoms with E-state index < -0.39 is 0 Å². The molecular weight excluding hydrogens is 213 g/mol. The summed E-state index contributed by atoms with van der Waals surface area (Å²) in [5.74, 6) is -0.158. The highest BCUT2D eigenvalue weighted by molar-refractivity contribution is 5.58. The normalized spacial score (nSPS) is 21.8. The summed E-state index contributed by atoms with van der Waals surface area (Å²) in [7, 11) is 0. The summed E-state index contributed by atoms with van der Waals surface area (Å²) in [5, 5.41) is 3.40. The molecule has 0 atom stereocenters. The molecule has 1 N–H and O–H groups in total. The van der Waals surface area contributed by atoms with E-state index in [0.717, 1.165) is 30.6 Å². The molecule has 2 rings (SSSR count). The molecule has 0 saturated carbocycles. The summed E-state index contributed by atoms with van der Waals surface area (Å²) in [6.07, 6.45) is 3.21. The smallest absolute Gasteiger partial charge is 0.123 e. The monoisotopic (exact) mass is 233 g/mol. The van der Waals surface area contributed by atoms with Gasteiger partial charge in [-0.2, -0.15) is 0 Å². The van der Waals surface area contributed by atoms with Gasteiger partial charge in [0.25, 0.3) is 0 Å². The Bertz CT molecular complexity index is 446. The van der Waals surface area contributed by atoms with Crippen molar-refractivity contribution in [3.8, 4) is 0 Å². The Labute approximate surface area is 103 Å². The van der Waals surface area contributed by atoms with Crippen LogP contribution in [-0.4, -0.2) is 13.1 Å². The Hall–Kier alpha value is -1.15. The van der Waals surface area contributed by atoms with E-state index >= 15 is 0 Å². The largest absolute Gasteiger partial charge is 0.316 e. The SMILES string of the molecule is Cc1ccc(F)cc1/C=C1/CCNCC1(C)C. The fourth-order valence-electron chi connectivity index (χ4n) is 2.30. The highest BCUT2D eigenvalue weighted by Gasteiger charge is 2.26. The first kappa shape index (κ1) is 12.3. The second-order valence-corrected chi connectivity index (χ2v) is 5.48. The lowest BCUT2D eigenvalue weighted by Gasteiger charge is -2.33. The molecule has 0 aromatic heterocycles. The van der Waals surface area contributed by atoms with Crippen LogP contribution in [0.15, 0.2) is 23.8 Å². The van der Waals surface area contributed by atoms with Gasteiger partial charge in [0, 0.05) is 6.54 Å². The van der Waals surface area contributed by atoms with Crippen molar-refractivity contribution in [3.63, 3.8) is 0 Å². The van der Waals surface area contributed by atoms with Crippen molar-refractivity contribution in [2.45, 2.75) is 27.2 Å². The second-order valence-electron chi connectivity index (χ2n) is 5.48. The molecule has 0 spiro atoms. The van der Waals surface area contributed by atoms with Gasteiger partial charge in [0.2, 0.25) is 0 Å². The summed E-state index contributed by atoms with van der Waals surface area (Å²) in [6.45, 7) is 8.51. The van der Waals surface area contributed by atoms with Crippen LogP contribution in [0.5, 0.6) is 0 Å². The Morgan fingerprint density at radius 3 is 2.82 bits per heavy atom. The van der Waals surface area contributed by atoms with E-state index in [2.05, 4.69) is 25.2 Å². The van der Waals surface area contributed by atoms with Gasteiger partial charge < -0.3 is 5.32 Å². The summed E-state index contributed by atoms with van der Waals surface area (Å²) < 4.78 is 13.3. The Kier molecular flexibility index (Phi) is 3.34. The highest BCUT2D eigenvalue weighted by Crippen LogP contribution is 2.32. The molecule has 0 unspecified atom stereocenters. The molecular formula is C15H20FN. The lowest BCUT2D eigenvalue weighted by Crippen LogP contribution is -2.37. The Balaban J connectivity index is 2.37. The quantitative estimate of drug-likeness (QED) is 0.782. The van der Waals surface area contributed by atoms with Crippen molar-refractivity contribution in [2.24, 2.45) is 5.41 Å². The number of nitrogens with one attached hydrogen (secondary N) is 1. The molecule has 0 amide bonds. The van der Waals surface area contributed by atoms with E-state index in [0.29, 0.717) is 0 Å². The number of hydrogen-bond donors (Lipinski definition) is 1. The zero-order valence-corrected chi connectivity index (χ0v) is 10.8. The number of hydrogen-bond acceptors (Lipinski definition) is 1. The van der Waals surface area contributed by atoms with Gasteiger partial charge in [-0.3, -0.25) is 0 Å². The van der Waals surface area contributed by atoms with E-state index in [-0.39, 0.29) is 11.2 Å². The number of benzene rings is 1. The third kappa shape index (κ3) is 2.75. The summed E-state index contributed by atoms with van der Waals surface area (Å²) in [4.78, 5) is 0. The fraction of sp³-hybridized carbons (Fsp3) is 0.467. The number of rotatable bonds is 1. The third-order valence-electron chi connectivity index (χ3n) is 3.58. The second kappa shape index (κ2) is 4.61. The average molecular weight is 233 g/mol. The average Bonchev–Trinajstić information content (AvgIpc) is 2.26. The van der Waals surface area contributed by atoms with Crippen LogP contribution in [0.25, 0.3) is 6.08 Å². The van der Waals surface area contributed by atoms with E-state index in [4.69, 9.17) is 0 Å². The van der Waals surface area contributed by atoms with Crippen molar-refractivity contribution in [1.29, 1.82) is 0 Å². The first-order valence-corrected chi connectivity index (χ1v) is 6.17. The van der Waals surface area contributed by atoms with E-state index in [1.54, 1.807) is 6.07 Å².